The number of carboxylic acids is 1. The van der Waals surface area contributed by atoms with E-state index in [9.17, 15) is 19.5 Å². The molecule has 0 aliphatic carbocycles. The van der Waals surface area contributed by atoms with E-state index >= 15 is 0 Å². The molecular weight excluding hydrogens is 1080 g/mol. The Morgan fingerprint density at radius 1 is 0.356 bits per heavy atom. The smallest absolute Gasteiger partial charge is 0.306 e. The Labute approximate surface area is 539 Å². The van der Waals surface area contributed by atoms with Gasteiger partial charge in [0.1, 0.15) is 13.2 Å². The molecule has 9 heteroatoms. The first-order chi connectivity index (χ1) is 42.6. The van der Waals surface area contributed by atoms with E-state index in [0.717, 1.165) is 70.6 Å². The zero-order valence-electron chi connectivity index (χ0n) is 58.2. The van der Waals surface area contributed by atoms with Crippen LogP contribution < -0.4 is 5.11 Å². The molecule has 0 bridgehead atoms. The standard InChI is InChI=1S/C78H143NO8/c1-6-8-10-12-14-16-18-20-22-24-26-28-30-31-32-33-34-35-36-37-38-39-40-41-42-43-44-45-47-49-51-53-55-57-59-61-63-65-67-69-76(81)87-74(73-86-78(77(82)83)84-71-70-79(3,4)5)72-85-75(80)68-66-64-62-60-58-56-54-52-50-48-46-29-27-25-23-21-19-17-15-13-11-9-7-2/h8,10,14,16,20,22,26,28,31-32,74,78H,6-7,9,11-13,15,17-19,21,23-25,27,29-30,33-73H2,1-5H3/b10-8-,16-14-,22-20-,28-26-,32-31-. The monoisotopic (exact) mass is 1220 g/mol. The molecule has 0 amide bonds. The number of rotatable bonds is 70. The van der Waals surface area contributed by atoms with E-state index in [0.29, 0.717) is 17.4 Å². The van der Waals surface area contributed by atoms with Gasteiger partial charge in [0.15, 0.2) is 12.4 Å². The number of ether oxygens (including phenoxy) is 4. The number of carbonyl (C=O) groups is 3. The molecule has 9 nitrogen and oxygen atoms in total. The number of unbranched alkanes of at least 4 members (excludes halogenated alkanes) is 45. The summed E-state index contributed by atoms with van der Waals surface area (Å²) in [4.78, 5) is 37.5. The molecule has 508 valence electrons. The summed E-state index contributed by atoms with van der Waals surface area (Å²) in [6, 6.07) is 0. The number of carboxylic acid groups (broad SMARTS) is 1. The Hall–Kier alpha value is -3.01. The molecule has 0 aromatic carbocycles. The Bertz CT molecular complexity index is 1610. The summed E-state index contributed by atoms with van der Waals surface area (Å²) in [5, 5.41) is 11.8. The van der Waals surface area contributed by atoms with Crippen LogP contribution in [0.3, 0.4) is 0 Å². The number of hydrogen-bond acceptors (Lipinski definition) is 8. The zero-order valence-corrected chi connectivity index (χ0v) is 58.2. The van der Waals surface area contributed by atoms with Crippen LogP contribution in [0.1, 0.15) is 361 Å². The van der Waals surface area contributed by atoms with Gasteiger partial charge in [0.05, 0.1) is 40.3 Å². The Kier molecular flexibility index (Phi) is 66.5. The fourth-order valence-corrected chi connectivity index (χ4v) is 11.1. The van der Waals surface area contributed by atoms with Gasteiger partial charge in [-0.1, -0.05) is 351 Å². The molecule has 0 saturated heterocycles. The van der Waals surface area contributed by atoms with Gasteiger partial charge in [-0.2, -0.15) is 0 Å². The number of hydrogen-bond donors (Lipinski definition) is 0. The van der Waals surface area contributed by atoms with Crippen LogP contribution in [-0.2, 0) is 33.3 Å². The van der Waals surface area contributed by atoms with Gasteiger partial charge in [-0.15, -0.1) is 0 Å². The van der Waals surface area contributed by atoms with Crippen molar-refractivity contribution in [1.82, 2.24) is 0 Å². The molecule has 0 aliphatic rings. The van der Waals surface area contributed by atoms with E-state index in [1.165, 1.54) is 263 Å². The van der Waals surface area contributed by atoms with Crippen molar-refractivity contribution in [1.29, 1.82) is 0 Å². The van der Waals surface area contributed by atoms with Crippen molar-refractivity contribution >= 4 is 17.9 Å². The lowest BCUT2D eigenvalue weighted by Gasteiger charge is -2.26. The molecule has 2 unspecified atom stereocenters. The van der Waals surface area contributed by atoms with Crippen LogP contribution in [-0.4, -0.2) is 82.3 Å². The third kappa shape index (κ3) is 70.3. The highest BCUT2D eigenvalue weighted by atomic mass is 16.7. The van der Waals surface area contributed by atoms with Crippen LogP contribution in [0.2, 0.25) is 0 Å². The number of esters is 2. The highest BCUT2D eigenvalue weighted by Crippen LogP contribution is 2.19. The predicted molar refractivity (Wildman–Crippen MR) is 371 cm³/mol. The maximum absolute atomic E-state index is 12.9. The molecule has 0 rings (SSSR count). The van der Waals surface area contributed by atoms with Gasteiger partial charge in [0, 0.05) is 12.8 Å². The van der Waals surface area contributed by atoms with Crippen LogP contribution in [0.25, 0.3) is 0 Å². The van der Waals surface area contributed by atoms with Gasteiger partial charge in [-0.25, -0.2) is 0 Å². The fraction of sp³-hybridized carbons (Fsp3) is 0.833. The first-order valence-corrected chi connectivity index (χ1v) is 37.4. The molecule has 87 heavy (non-hydrogen) atoms. The molecule has 0 heterocycles. The molecule has 0 radical (unpaired) electrons. The minimum absolute atomic E-state index is 0.151. The quantitative estimate of drug-likeness (QED) is 0.0195. The lowest BCUT2D eigenvalue weighted by atomic mass is 10.0. The Morgan fingerprint density at radius 3 is 0.977 bits per heavy atom. The number of likely N-dealkylation sites (N-methyl/N-ethyl adjacent to an activating group) is 1. The highest BCUT2D eigenvalue weighted by molar-refractivity contribution is 5.70. The number of quaternary nitrogens is 1. The van der Waals surface area contributed by atoms with Crippen molar-refractivity contribution in [3.8, 4) is 0 Å². The lowest BCUT2D eigenvalue weighted by Crippen LogP contribution is -2.44. The average molecular weight is 1220 g/mol. The molecular formula is C78H143NO8. The van der Waals surface area contributed by atoms with Gasteiger partial charge < -0.3 is 33.3 Å². The first-order valence-electron chi connectivity index (χ1n) is 37.4. The average Bonchev–Trinajstić information content (AvgIpc) is 3.55. The van der Waals surface area contributed by atoms with Crippen molar-refractivity contribution in [2.75, 3.05) is 47.5 Å². The summed E-state index contributed by atoms with van der Waals surface area (Å²) in [6.45, 7) is 4.70. The van der Waals surface area contributed by atoms with E-state index in [1.807, 2.05) is 21.1 Å². The minimum Gasteiger partial charge on any atom is -0.545 e. The summed E-state index contributed by atoms with van der Waals surface area (Å²) in [6.07, 6.45) is 87.6. The molecule has 0 fully saturated rings. The maximum atomic E-state index is 12.9. The molecule has 0 N–H and O–H groups in total. The summed E-state index contributed by atoms with van der Waals surface area (Å²) >= 11 is 0. The second kappa shape index (κ2) is 68.9. The Morgan fingerprint density at radius 2 is 0.655 bits per heavy atom. The third-order valence-corrected chi connectivity index (χ3v) is 16.8. The minimum atomic E-state index is -1.62. The predicted octanol–water partition coefficient (Wildman–Crippen LogP) is 22.1. The van der Waals surface area contributed by atoms with E-state index in [2.05, 4.69) is 74.6 Å². The molecule has 0 aromatic heterocycles. The van der Waals surface area contributed by atoms with E-state index in [1.54, 1.807) is 0 Å². The maximum Gasteiger partial charge on any atom is 0.306 e. The van der Waals surface area contributed by atoms with Gasteiger partial charge in [-0.05, 0) is 57.8 Å². The number of nitrogens with zero attached hydrogens (tertiary/aromatic N) is 1. The molecule has 2 atom stereocenters. The second-order valence-corrected chi connectivity index (χ2v) is 26.6. The summed E-state index contributed by atoms with van der Waals surface area (Å²) in [7, 11) is 5.95. The Balaban J connectivity index is 3.98. The highest BCUT2D eigenvalue weighted by Gasteiger charge is 2.22. The number of allylic oxidation sites excluding steroid dienone is 10. The zero-order chi connectivity index (χ0) is 63.3. The van der Waals surface area contributed by atoms with Crippen LogP contribution in [0.4, 0.5) is 0 Å². The molecule has 0 aromatic rings. The van der Waals surface area contributed by atoms with Crippen LogP contribution in [0.5, 0.6) is 0 Å². The lowest BCUT2D eigenvalue weighted by molar-refractivity contribution is -0.870. The van der Waals surface area contributed by atoms with Gasteiger partial charge in [0.2, 0.25) is 0 Å². The summed E-state index contributed by atoms with van der Waals surface area (Å²) < 4.78 is 22.8. The first kappa shape index (κ1) is 84.0. The van der Waals surface area contributed by atoms with Crippen molar-refractivity contribution < 1.29 is 42.9 Å². The summed E-state index contributed by atoms with van der Waals surface area (Å²) in [5.41, 5.74) is 0. The van der Waals surface area contributed by atoms with E-state index in [4.69, 9.17) is 18.9 Å². The number of aliphatic carboxylic acids is 1. The van der Waals surface area contributed by atoms with Gasteiger partial charge >= 0.3 is 11.9 Å². The summed E-state index contributed by atoms with van der Waals surface area (Å²) in [5.74, 6) is -2.25. The molecule has 0 aliphatic heterocycles. The third-order valence-electron chi connectivity index (χ3n) is 16.8. The molecule has 0 spiro atoms. The molecule has 0 saturated carbocycles. The van der Waals surface area contributed by atoms with Crippen LogP contribution >= 0.6 is 0 Å². The number of carbonyl (C=O) groups excluding carboxylic acids is 3. The van der Waals surface area contributed by atoms with E-state index in [-0.39, 0.29) is 32.2 Å². The van der Waals surface area contributed by atoms with E-state index < -0.39 is 24.3 Å². The van der Waals surface area contributed by atoms with Crippen molar-refractivity contribution in [3.63, 3.8) is 0 Å². The van der Waals surface area contributed by atoms with Crippen LogP contribution in [0.15, 0.2) is 60.8 Å². The second-order valence-electron chi connectivity index (χ2n) is 26.6. The van der Waals surface area contributed by atoms with Crippen LogP contribution in [0, 0.1) is 0 Å². The fourth-order valence-electron chi connectivity index (χ4n) is 11.1. The SMILES string of the molecule is CC/C=C\C/C=C\C/C=C\C/C=C\C/C=C\CCCCCCCCCCCCCCCCCCCCCCCCCC(=O)OC(COC(=O)CCCCCCCCCCCCCCCCCCCCCCCCC)COC(OCC[N+](C)(C)C)C(=O)[O-]. The van der Waals surface area contributed by atoms with Crippen molar-refractivity contribution in [2.24, 2.45) is 0 Å². The topological polar surface area (TPSA) is 111 Å². The van der Waals surface area contributed by atoms with Gasteiger partial charge in [0.25, 0.3) is 0 Å². The largest absolute Gasteiger partial charge is 0.545 e. The van der Waals surface area contributed by atoms with Crippen molar-refractivity contribution in [3.05, 3.63) is 60.8 Å². The van der Waals surface area contributed by atoms with Crippen molar-refractivity contribution in [2.45, 2.75) is 373 Å². The normalized spacial score (nSPS) is 13.0. The van der Waals surface area contributed by atoms with Gasteiger partial charge in [-0.3, -0.25) is 9.59 Å².